The van der Waals surface area contributed by atoms with Gasteiger partial charge in [-0.1, -0.05) is 30.2 Å². The molecular formula is C16H12FNO. The molecule has 1 N–H and O–H groups in total. The van der Waals surface area contributed by atoms with Gasteiger partial charge in [0, 0.05) is 17.2 Å². The third kappa shape index (κ3) is 3.68. The molecule has 0 aliphatic heterocycles. The first-order valence-corrected chi connectivity index (χ1v) is 5.79. The van der Waals surface area contributed by atoms with E-state index in [1.54, 1.807) is 13.0 Å². The monoisotopic (exact) mass is 253 g/mol. The van der Waals surface area contributed by atoms with Crippen molar-refractivity contribution in [2.24, 2.45) is 0 Å². The van der Waals surface area contributed by atoms with Crippen LogP contribution >= 0.6 is 0 Å². The number of halogens is 1. The maximum atomic E-state index is 13.1. The topological polar surface area (TPSA) is 29.1 Å². The Morgan fingerprint density at radius 1 is 1.16 bits per heavy atom. The van der Waals surface area contributed by atoms with E-state index >= 15 is 0 Å². The summed E-state index contributed by atoms with van der Waals surface area (Å²) in [4.78, 5) is 11.6. The van der Waals surface area contributed by atoms with Gasteiger partial charge in [0.2, 0.25) is 0 Å². The van der Waals surface area contributed by atoms with Gasteiger partial charge in [0.15, 0.2) is 0 Å². The minimum Gasteiger partial charge on any atom is -0.315 e. The van der Waals surface area contributed by atoms with Crippen molar-refractivity contribution in [2.45, 2.75) is 6.92 Å². The summed E-state index contributed by atoms with van der Waals surface area (Å²) in [5, 5.41) is 2.57. The number of benzene rings is 2. The number of amides is 1. The molecule has 94 valence electrons. The van der Waals surface area contributed by atoms with E-state index < -0.39 is 11.7 Å². The van der Waals surface area contributed by atoms with Crippen molar-refractivity contribution in [3.63, 3.8) is 0 Å². The smallest absolute Gasteiger partial charge is 0.300 e. The average Bonchev–Trinajstić information content (AvgIpc) is 2.42. The summed E-state index contributed by atoms with van der Waals surface area (Å²) in [6, 6.07) is 13.4. The molecule has 19 heavy (non-hydrogen) atoms. The van der Waals surface area contributed by atoms with Crippen LogP contribution < -0.4 is 5.32 Å². The summed E-state index contributed by atoms with van der Waals surface area (Å²) in [6.45, 7) is 1.79. The second-order valence-electron chi connectivity index (χ2n) is 4.03. The number of carbonyl (C=O) groups excluding carboxylic acids is 1. The maximum Gasteiger partial charge on any atom is 0.300 e. The van der Waals surface area contributed by atoms with E-state index in [4.69, 9.17) is 0 Å². The molecule has 2 aromatic rings. The SMILES string of the molecule is Cc1ccc(F)cc1NC(=O)C#Cc1ccccc1. The molecule has 0 unspecified atom stereocenters. The molecular weight excluding hydrogens is 241 g/mol. The Bertz CT molecular complexity index is 653. The van der Waals surface area contributed by atoms with Crippen LogP contribution in [0.2, 0.25) is 0 Å². The van der Waals surface area contributed by atoms with Crippen molar-refractivity contribution in [2.75, 3.05) is 5.32 Å². The minimum atomic E-state index is -0.461. The zero-order valence-corrected chi connectivity index (χ0v) is 10.4. The fourth-order valence-corrected chi connectivity index (χ4v) is 1.53. The van der Waals surface area contributed by atoms with Crippen molar-refractivity contribution in [3.05, 3.63) is 65.5 Å². The van der Waals surface area contributed by atoms with Crippen LogP contribution in [0.15, 0.2) is 48.5 Å². The quantitative estimate of drug-likeness (QED) is 0.777. The van der Waals surface area contributed by atoms with Crippen molar-refractivity contribution < 1.29 is 9.18 Å². The van der Waals surface area contributed by atoms with Gasteiger partial charge in [0.1, 0.15) is 5.82 Å². The molecule has 0 heterocycles. The van der Waals surface area contributed by atoms with Crippen molar-refractivity contribution in [3.8, 4) is 11.8 Å². The zero-order valence-electron chi connectivity index (χ0n) is 10.4. The van der Waals surface area contributed by atoms with Crippen LogP contribution in [-0.2, 0) is 4.79 Å². The lowest BCUT2D eigenvalue weighted by Gasteiger charge is -2.04. The van der Waals surface area contributed by atoms with E-state index in [2.05, 4.69) is 17.2 Å². The number of hydrogen-bond donors (Lipinski definition) is 1. The molecule has 0 bridgehead atoms. The third-order valence-electron chi connectivity index (χ3n) is 2.54. The highest BCUT2D eigenvalue weighted by Crippen LogP contribution is 2.15. The van der Waals surface area contributed by atoms with Gasteiger partial charge in [-0.05, 0) is 36.8 Å². The lowest BCUT2D eigenvalue weighted by atomic mass is 10.2. The molecule has 0 fully saturated rings. The molecule has 2 rings (SSSR count). The minimum absolute atomic E-state index is 0.392. The molecule has 0 spiro atoms. The summed E-state index contributed by atoms with van der Waals surface area (Å²) in [5.74, 6) is 4.36. The van der Waals surface area contributed by atoms with Gasteiger partial charge < -0.3 is 5.32 Å². The van der Waals surface area contributed by atoms with Gasteiger partial charge in [-0.3, -0.25) is 4.79 Å². The van der Waals surface area contributed by atoms with Crippen LogP contribution in [-0.4, -0.2) is 5.91 Å². The van der Waals surface area contributed by atoms with Gasteiger partial charge in [-0.15, -0.1) is 0 Å². The average molecular weight is 253 g/mol. The van der Waals surface area contributed by atoms with Gasteiger partial charge >= 0.3 is 5.91 Å². The number of aryl methyl sites for hydroxylation is 1. The number of rotatable bonds is 1. The normalized spacial score (nSPS) is 9.37. The first-order valence-electron chi connectivity index (χ1n) is 5.79. The van der Waals surface area contributed by atoms with Crippen molar-refractivity contribution in [1.82, 2.24) is 0 Å². The number of carbonyl (C=O) groups is 1. The van der Waals surface area contributed by atoms with Crippen molar-refractivity contribution in [1.29, 1.82) is 0 Å². The first kappa shape index (κ1) is 12.8. The number of anilines is 1. The van der Waals surface area contributed by atoms with Gasteiger partial charge in [0.05, 0.1) is 0 Å². The Morgan fingerprint density at radius 2 is 1.89 bits per heavy atom. The molecule has 3 heteroatoms. The van der Waals surface area contributed by atoms with E-state index in [1.165, 1.54) is 12.1 Å². The predicted octanol–water partition coefficient (Wildman–Crippen LogP) is 3.12. The van der Waals surface area contributed by atoms with E-state index in [0.717, 1.165) is 11.1 Å². The predicted molar refractivity (Wildman–Crippen MR) is 73.1 cm³/mol. The Labute approximate surface area is 111 Å². The molecule has 0 aromatic heterocycles. The Hall–Kier alpha value is -2.60. The number of nitrogens with one attached hydrogen (secondary N) is 1. The molecule has 2 nitrogen and oxygen atoms in total. The first-order chi connectivity index (χ1) is 9.15. The summed E-state index contributed by atoms with van der Waals surface area (Å²) in [5.41, 5.74) is 1.98. The summed E-state index contributed by atoms with van der Waals surface area (Å²) in [7, 11) is 0. The Balaban J connectivity index is 2.10. The Morgan fingerprint density at radius 3 is 2.63 bits per heavy atom. The van der Waals surface area contributed by atoms with Crippen LogP contribution in [0.1, 0.15) is 11.1 Å². The van der Waals surface area contributed by atoms with Gasteiger partial charge in [0.25, 0.3) is 0 Å². The van der Waals surface area contributed by atoms with Crippen LogP contribution in [0.4, 0.5) is 10.1 Å². The molecule has 0 aliphatic rings. The second kappa shape index (κ2) is 5.83. The van der Waals surface area contributed by atoms with Crippen LogP contribution in [0.3, 0.4) is 0 Å². The Kier molecular flexibility index (Phi) is 3.94. The molecule has 0 radical (unpaired) electrons. The molecule has 0 saturated heterocycles. The molecule has 0 aliphatic carbocycles. The lowest BCUT2D eigenvalue weighted by molar-refractivity contribution is -0.111. The van der Waals surface area contributed by atoms with Gasteiger partial charge in [-0.25, -0.2) is 4.39 Å². The fourth-order valence-electron chi connectivity index (χ4n) is 1.53. The van der Waals surface area contributed by atoms with E-state index in [0.29, 0.717) is 5.69 Å². The molecule has 1 amide bonds. The zero-order chi connectivity index (χ0) is 13.7. The molecule has 0 saturated carbocycles. The van der Waals surface area contributed by atoms with Crippen LogP contribution in [0.5, 0.6) is 0 Å². The highest BCUT2D eigenvalue weighted by atomic mass is 19.1. The summed E-state index contributed by atoms with van der Waals surface area (Å²) >= 11 is 0. The van der Waals surface area contributed by atoms with E-state index in [9.17, 15) is 9.18 Å². The largest absolute Gasteiger partial charge is 0.315 e. The van der Waals surface area contributed by atoms with Gasteiger partial charge in [-0.2, -0.15) is 0 Å². The fraction of sp³-hybridized carbons (Fsp3) is 0.0625. The van der Waals surface area contributed by atoms with E-state index in [-0.39, 0.29) is 0 Å². The standard InChI is InChI=1S/C16H12FNO/c1-12-7-9-14(17)11-15(12)18-16(19)10-8-13-5-3-2-4-6-13/h2-7,9,11H,1H3,(H,18,19). The highest BCUT2D eigenvalue weighted by Gasteiger charge is 2.03. The van der Waals surface area contributed by atoms with Crippen LogP contribution in [0.25, 0.3) is 0 Å². The third-order valence-corrected chi connectivity index (χ3v) is 2.54. The molecule has 2 aromatic carbocycles. The summed E-state index contributed by atoms with van der Waals surface area (Å²) < 4.78 is 13.1. The number of hydrogen-bond acceptors (Lipinski definition) is 1. The van der Waals surface area contributed by atoms with E-state index in [1.807, 2.05) is 30.3 Å². The lowest BCUT2D eigenvalue weighted by Crippen LogP contribution is -2.09. The second-order valence-corrected chi connectivity index (χ2v) is 4.03. The summed E-state index contributed by atoms with van der Waals surface area (Å²) in [6.07, 6.45) is 0. The van der Waals surface area contributed by atoms with Crippen molar-refractivity contribution >= 4 is 11.6 Å². The maximum absolute atomic E-state index is 13.1. The highest BCUT2D eigenvalue weighted by molar-refractivity contribution is 6.04. The molecule has 0 atom stereocenters. The van der Waals surface area contributed by atoms with Crippen LogP contribution in [0, 0.1) is 24.6 Å².